The van der Waals surface area contributed by atoms with Gasteiger partial charge in [0, 0.05) is 10.6 Å². The molecule has 17 heavy (non-hydrogen) atoms. The van der Waals surface area contributed by atoms with Gasteiger partial charge in [0.25, 0.3) is 0 Å². The second kappa shape index (κ2) is 5.33. The van der Waals surface area contributed by atoms with Gasteiger partial charge in [-0.1, -0.05) is 6.07 Å². The zero-order valence-electron chi connectivity index (χ0n) is 9.27. The zero-order valence-corrected chi connectivity index (χ0v) is 12.5. The van der Waals surface area contributed by atoms with Gasteiger partial charge in [0.2, 0.25) is 0 Å². The molecule has 5 heteroatoms. The van der Waals surface area contributed by atoms with E-state index in [0.29, 0.717) is 11.4 Å². The van der Waals surface area contributed by atoms with Crippen molar-refractivity contribution in [1.82, 2.24) is 0 Å². The van der Waals surface area contributed by atoms with Crippen molar-refractivity contribution < 1.29 is 4.21 Å². The fourth-order valence-electron chi connectivity index (χ4n) is 1.51. The summed E-state index contributed by atoms with van der Waals surface area (Å²) in [6, 6.07) is 9.60. The van der Waals surface area contributed by atoms with Crippen LogP contribution in [0.3, 0.4) is 0 Å². The van der Waals surface area contributed by atoms with Crippen LogP contribution in [0.4, 0.5) is 5.69 Å². The summed E-state index contributed by atoms with van der Waals surface area (Å²) < 4.78 is 13.2. The molecular formula is C12H12BrNOS2. The standard InChI is InChI=1S/C12H12BrNOS2/c1-8-2-4-11(10(14)6-8)17(15)7-9-3-5-12(13)16-9/h2-6H,7,14H2,1H3. The number of thiophene rings is 1. The Bertz CT molecular complexity index is 565. The van der Waals surface area contributed by atoms with Crippen LogP contribution in [0.25, 0.3) is 0 Å². The molecule has 2 N–H and O–H groups in total. The number of benzene rings is 1. The monoisotopic (exact) mass is 329 g/mol. The smallest absolute Gasteiger partial charge is 0.0701 e. The second-order valence-corrected chi connectivity index (χ2v) is 7.70. The number of aryl methyl sites for hydroxylation is 1. The molecule has 2 nitrogen and oxygen atoms in total. The Kier molecular flexibility index (Phi) is 4.01. The van der Waals surface area contributed by atoms with E-state index in [1.165, 1.54) is 0 Å². The van der Waals surface area contributed by atoms with Gasteiger partial charge in [0.1, 0.15) is 0 Å². The van der Waals surface area contributed by atoms with Gasteiger partial charge in [-0.05, 0) is 52.7 Å². The van der Waals surface area contributed by atoms with Gasteiger partial charge in [-0.25, -0.2) is 0 Å². The van der Waals surface area contributed by atoms with Crippen LogP contribution < -0.4 is 5.73 Å². The number of hydrogen-bond donors (Lipinski definition) is 1. The van der Waals surface area contributed by atoms with Gasteiger partial charge < -0.3 is 5.73 Å². The quantitative estimate of drug-likeness (QED) is 0.872. The Hall–Kier alpha value is -0.650. The highest BCUT2D eigenvalue weighted by molar-refractivity contribution is 9.11. The molecule has 0 radical (unpaired) electrons. The van der Waals surface area contributed by atoms with Crippen LogP contribution >= 0.6 is 27.3 Å². The lowest BCUT2D eigenvalue weighted by atomic mass is 10.2. The molecule has 1 aromatic carbocycles. The minimum Gasteiger partial charge on any atom is -0.398 e. The molecule has 1 atom stereocenters. The molecule has 0 saturated heterocycles. The second-order valence-electron chi connectivity index (χ2n) is 3.74. The molecular weight excluding hydrogens is 318 g/mol. The van der Waals surface area contributed by atoms with Crippen molar-refractivity contribution in [3.63, 3.8) is 0 Å². The summed E-state index contributed by atoms with van der Waals surface area (Å²) in [7, 11) is -1.08. The van der Waals surface area contributed by atoms with Crippen molar-refractivity contribution in [3.8, 4) is 0 Å². The first-order valence-corrected chi connectivity index (χ1v) is 7.98. The van der Waals surface area contributed by atoms with Gasteiger partial charge in [-0.3, -0.25) is 4.21 Å². The summed E-state index contributed by atoms with van der Waals surface area (Å²) in [5.41, 5.74) is 7.58. The van der Waals surface area contributed by atoms with Crippen molar-refractivity contribution in [1.29, 1.82) is 0 Å². The predicted molar refractivity (Wildman–Crippen MR) is 77.7 cm³/mol. The van der Waals surface area contributed by atoms with Crippen LogP contribution in [0.1, 0.15) is 10.4 Å². The van der Waals surface area contributed by atoms with Crippen molar-refractivity contribution >= 4 is 43.8 Å². The Morgan fingerprint density at radius 3 is 2.71 bits per heavy atom. The third-order valence-electron chi connectivity index (χ3n) is 2.31. The topological polar surface area (TPSA) is 43.1 Å². The number of anilines is 1. The van der Waals surface area contributed by atoms with Crippen molar-refractivity contribution in [3.05, 3.63) is 44.6 Å². The van der Waals surface area contributed by atoms with Gasteiger partial charge in [0.15, 0.2) is 0 Å². The van der Waals surface area contributed by atoms with E-state index < -0.39 is 10.8 Å². The molecule has 0 fully saturated rings. The van der Waals surface area contributed by atoms with Crippen molar-refractivity contribution in [2.24, 2.45) is 0 Å². The van der Waals surface area contributed by atoms with E-state index >= 15 is 0 Å². The fraction of sp³-hybridized carbons (Fsp3) is 0.167. The average Bonchev–Trinajstić information content (AvgIpc) is 2.63. The Labute approximate surface area is 115 Å². The molecule has 0 aliphatic carbocycles. The van der Waals surface area contributed by atoms with Crippen molar-refractivity contribution in [2.75, 3.05) is 5.73 Å². The average molecular weight is 330 g/mol. The van der Waals surface area contributed by atoms with E-state index in [9.17, 15) is 4.21 Å². The lowest BCUT2D eigenvalue weighted by Crippen LogP contribution is -2.00. The molecule has 90 valence electrons. The Balaban J connectivity index is 2.20. The molecule has 1 aromatic heterocycles. The number of nitrogens with two attached hydrogens (primary N) is 1. The molecule has 0 saturated carbocycles. The number of hydrogen-bond acceptors (Lipinski definition) is 3. The maximum Gasteiger partial charge on any atom is 0.0701 e. The third kappa shape index (κ3) is 3.18. The highest BCUT2D eigenvalue weighted by atomic mass is 79.9. The maximum absolute atomic E-state index is 12.2. The predicted octanol–water partition coefficient (Wildman–Crippen LogP) is 3.71. The molecule has 0 aliphatic rings. The van der Waals surface area contributed by atoms with Gasteiger partial charge in [-0.15, -0.1) is 11.3 Å². The highest BCUT2D eigenvalue weighted by Crippen LogP contribution is 2.26. The van der Waals surface area contributed by atoms with Crippen LogP contribution in [-0.4, -0.2) is 4.21 Å². The van der Waals surface area contributed by atoms with E-state index in [-0.39, 0.29) is 0 Å². The van der Waals surface area contributed by atoms with E-state index in [4.69, 9.17) is 5.73 Å². The molecule has 0 bridgehead atoms. The van der Waals surface area contributed by atoms with E-state index in [0.717, 1.165) is 19.1 Å². The third-order valence-corrected chi connectivity index (χ3v) is 5.55. The van der Waals surface area contributed by atoms with E-state index in [1.807, 2.05) is 37.3 Å². The highest BCUT2D eigenvalue weighted by Gasteiger charge is 2.10. The summed E-state index contributed by atoms with van der Waals surface area (Å²) >= 11 is 5.00. The van der Waals surface area contributed by atoms with E-state index in [1.54, 1.807) is 11.3 Å². The molecule has 0 aliphatic heterocycles. The lowest BCUT2D eigenvalue weighted by molar-refractivity contribution is 0.683. The first-order valence-electron chi connectivity index (χ1n) is 5.05. The van der Waals surface area contributed by atoms with Gasteiger partial charge in [0.05, 0.1) is 25.2 Å². The molecule has 1 heterocycles. The van der Waals surface area contributed by atoms with Crippen LogP contribution in [0.2, 0.25) is 0 Å². The van der Waals surface area contributed by atoms with Crippen LogP contribution in [0.15, 0.2) is 39.0 Å². The van der Waals surface area contributed by atoms with Crippen LogP contribution in [-0.2, 0) is 16.6 Å². The molecule has 1 unspecified atom stereocenters. The van der Waals surface area contributed by atoms with Gasteiger partial charge in [-0.2, -0.15) is 0 Å². The van der Waals surface area contributed by atoms with Crippen molar-refractivity contribution in [2.45, 2.75) is 17.6 Å². The number of halogens is 1. The Morgan fingerprint density at radius 1 is 1.35 bits per heavy atom. The minimum absolute atomic E-state index is 0.517. The SMILES string of the molecule is Cc1ccc(S(=O)Cc2ccc(Br)s2)c(N)c1. The number of nitrogen functional groups attached to an aromatic ring is 1. The first kappa shape index (κ1) is 12.8. The van der Waals surface area contributed by atoms with Gasteiger partial charge >= 0.3 is 0 Å². The molecule has 0 amide bonds. The molecule has 2 aromatic rings. The zero-order chi connectivity index (χ0) is 12.4. The minimum atomic E-state index is -1.08. The molecule has 0 spiro atoms. The Morgan fingerprint density at radius 2 is 2.12 bits per heavy atom. The summed E-state index contributed by atoms with van der Waals surface area (Å²) in [6.07, 6.45) is 0. The summed E-state index contributed by atoms with van der Waals surface area (Å²) in [4.78, 5) is 1.82. The largest absolute Gasteiger partial charge is 0.398 e. The summed E-state index contributed by atoms with van der Waals surface area (Å²) in [5.74, 6) is 0.517. The summed E-state index contributed by atoms with van der Waals surface area (Å²) in [5, 5.41) is 0. The van der Waals surface area contributed by atoms with Crippen LogP contribution in [0.5, 0.6) is 0 Å². The lowest BCUT2D eigenvalue weighted by Gasteiger charge is -2.05. The maximum atomic E-state index is 12.2. The molecule has 2 rings (SSSR count). The first-order chi connectivity index (χ1) is 8.06. The number of rotatable bonds is 3. The normalized spacial score (nSPS) is 12.6. The van der Waals surface area contributed by atoms with E-state index in [2.05, 4.69) is 15.9 Å². The van der Waals surface area contributed by atoms with Crippen LogP contribution in [0, 0.1) is 6.92 Å². The fourth-order valence-corrected chi connectivity index (χ4v) is 4.40. The summed E-state index contributed by atoms with van der Waals surface area (Å²) in [6.45, 7) is 1.97.